The van der Waals surface area contributed by atoms with Gasteiger partial charge in [-0.25, -0.2) is 4.68 Å². The van der Waals surface area contributed by atoms with Crippen molar-refractivity contribution in [1.29, 1.82) is 0 Å². The smallest absolute Gasteiger partial charge is 0.274 e. The van der Waals surface area contributed by atoms with Crippen LogP contribution in [0.3, 0.4) is 0 Å². The van der Waals surface area contributed by atoms with Gasteiger partial charge in [-0.2, -0.15) is 5.10 Å². The summed E-state index contributed by atoms with van der Waals surface area (Å²) in [4.78, 5) is 24.8. The summed E-state index contributed by atoms with van der Waals surface area (Å²) in [5.41, 5.74) is 1.51. The van der Waals surface area contributed by atoms with Crippen LogP contribution in [0.1, 0.15) is 5.69 Å². The second kappa shape index (κ2) is 6.72. The van der Waals surface area contributed by atoms with Crippen molar-refractivity contribution in [3.63, 3.8) is 0 Å². The lowest BCUT2D eigenvalue weighted by molar-refractivity contribution is -0.115. The van der Waals surface area contributed by atoms with Gasteiger partial charge < -0.3 is 9.73 Å². The zero-order valence-electron chi connectivity index (χ0n) is 14.1. The first kappa shape index (κ1) is 17.6. The van der Waals surface area contributed by atoms with Crippen molar-refractivity contribution in [1.82, 2.24) is 9.78 Å². The van der Waals surface area contributed by atoms with Gasteiger partial charge in [-0.05, 0) is 36.4 Å². The summed E-state index contributed by atoms with van der Waals surface area (Å²) < 4.78 is 6.48. The van der Waals surface area contributed by atoms with E-state index in [0.29, 0.717) is 27.2 Å². The van der Waals surface area contributed by atoms with Gasteiger partial charge >= 0.3 is 0 Å². The molecule has 2 heterocycles. The van der Waals surface area contributed by atoms with Crippen molar-refractivity contribution in [3.05, 3.63) is 68.8 Å². The summed E-state index contributed by atoms with van der Waals surface area (Å²) in [5.74, 6) is -0.267. The fraction of sp³-hybridized carbons (Fsp3) is 0.105. The minimum atomic E-state index is -0.307. The molecule has 0 atom stereocenters. The molecule has 27 heavy (non-hydrogen) atoms. The Labute approximate surface area is 163 Å². The number of aromatic nitrogens is 2. The Bertz CT molecular complexity index is 1260. The fourth-order valence-electron chi connectivity index (χ4n) is 2.95. The highest BCUT2D eigenvalue weighted by Gasteiger charge is 2.15. The average molecular weight is 402 g/mol. The topological polar surface area (TPSA) is 77.1 Å². The third-order valence-corrected chi connectivity index (χ3v) is 4.95. The lowest BCUT2D eigenvalue weighted by atomic mass is 10.1. The average Bonchev–Trinajstić information content (AvgIpc) is 3.09. The summed E-state index contributed by atoms with van der Waals surface area (Å²) in [5, 5.41) is 9.38. The molecule has 0 spiro atoms. The van der Waals surface area contributed by atoms with E-state index in [-0.39, 0.29) is 22.9 Å². The Balaban J connectivity index is 1.67. The molecule has 0 aliphatic heterocycles. The number of rotatable bonds is 3. The summed E-state index contributed by atoms with van der Waals surface area (Å²) in [6.45, 7) is 0. The predicted molar refractivity (Wildman–Crippen MR) is 106 cm³/mol. The molecule has 0 aliphatic carbocycles. The van der Waals surface area contributed by atoms with Crippen LogP contribution < -0.4 is 10.9 Å². The maximum absolute atomic E-state index is 12.5. The van der Waals surface area contributed by atoms with E-state index in [0.717, 1.165) is 11.0 Å². The third-order valence-electron chi connectivity index (χ3n) is 4.23. The van der Waals surface area contributed by atoms with Crippen molar-refractivity contribution in [2.75, 3.05) is 5.32 Å². The van der Waals surface area contributed by atoms with Crippen molar-refractivity contribution in [2.24, 2.45) is 7.05 Å². The van der Waals surface area contributed by atoms with E-state index >= 15 is 0 Å². The van der Waals surface area contributed by atoms with E-state index in [4.69, 9.17) is 27.6 Å². The summed E-state index contributed by atoms with van der Waals surface area (Å²) in [7, 11) is 1.53. The number of aryl methyl sites for hydroxylation is 1. The van der Waals surface area contributed by atoms with Crippen molar-refractivity contribution < 1.29 is 9.21 Å². The Morgan fingerprint density at radius 1 is 1.15 bits per heavy atom. The van der Waals surface area contributed by atoms with Gasteiger partial charge in [-0.1, -0.05) is 23.2 Å². The summed E-state index contributed by atoms with van der Waals surface area (Å²) in [6.07, 6.45) is 1.57. The van der Waals surface area contributed by atoms with Crippen LogP contribution in [0.5, 0.6) is 0 Å². The first-order chi connectivity index (χ1) is 12.9. The second-order valence-electron chi connectivity index (χ2n) is 6.09. The van der Waals surface area contributed by atoms with Crippen LogP contribution in [-0.4, -0.2) is 15.7 Å². The lowest BCUT2D eigenvalue weighted by Gasteiger charge is -2.10. The van der Waals surface area contributed by atoms with Gasteiger partial charge in [0.15, 0.2) is 0 Å². The number of nitrogens with one attached hydrogen (secondary N) is 1. The molecule has 0 saturated heterocycles. The van der Waals surface area contributed by atoms with E-state index < -0.39 is 0 Å². The SMILES string of the molecule is Cn1nc(CC(=O)Nc2ccc3occc3c2)c2cc(Cl)c(Cl)cc2c1=O. The van der Waals surface area contributed by atoms with Crippen LogP contribution >= 0.6 is 23.2 Å². The second-order valence-corrected chi connectivity index (χ2v) is 6.90. The molecule has 136 valence electrons. The molecule has 0 saturated carbocycles. The van der Waals surface area contributed by atoms with Crippen LogP contribution in [0.15, 0.2) is 51.9 Å². The molecular weight excluding hydrogens is 389 g/mol. The molecule has 6 nitrogen and oxygen atoms in total. The van der Waals surface area contributed by atoms with E-state index in [1.54, 1.807) is 24.5 Å². The van der Waals surface area contributed by atoms with Gasteiger partial charge in [0.05, 0.1) is 33.8 Å². The molecule has 1 N–H and O–H groups in total. The molecule has 4 aromatic rings. The fourth-order valence-corrected chi connectivity index (χ4v) is 3.28. The van der Waals surface area contributed by atoms with E-state index in [2.05, 4.69) is 10.4 Å². The lowest BCUT2D eigenvalue weighted by Crippen LogP contribution is -2.24. The molecule has 0 unspecified atom stereocenters. The van der Waals surface area contributed by atoms with Crippen LogP contribution in [0.2, 0.25) is 10.0 Å². The predicted octanol–water partition coefficient (Wildman–Crippen LogP) is 4.17. The quantitative estimate of drug-likeness (QED) is 0.558. The molecule has 0 bridgehead atoms. The number of fused-ring (bicyclic) bond motifs is 2. The van der Waals surface area contributed by atoms with Gasteiger partial charge in [0.1, 0.15) is 5.58 Å². The molecule has 0 aliphatic rings. The van der Waals surface area contributed by atoms with E-state index in [1.807, 2.05) is 12.1 Å². The van der Waals surface area contributed by atoms with Crippen LogP contribution in [-0.2, 0) is 18.3 Å². The maximum atomic E-state index is 12.5. The molecule has 2 aromatic carbocycles. The Morgan fingerprint density at radius 2 is 1.89 bits per heavy atom. The van der Waals surface area contributed by atoms with Gasteiger partial charge in [0.2, 0.25) is 5.91 Å². The van der Waals surface area contributed by atoms with Crippen LogP contribution in [0.4, 0.5) is 5.69 Å². The molecule has 0 fully saturated rings. The first-order valence-electron chi connectivity index (χ1n) is 8.04. The number of anilines is 1. The highest BCUT2D eigenvalue weighted by molar-refractivity contribution is 6.42. The van der Waals surface area contributed by atoms with Crippen molar-refractivity contribution >= 4 is 56.5 Å². The maximum Gasteiger partial charge on any atom is 0.274 e. The molecule has 1 amide bonds. The Hall–Kier alpha value is -2.83. The number of amides is 1. The third kappa shape index (κ3) is 3.29. The minimum Gasteiger partial charge on any atom is -0.464 e. The molecular formula is C19H13Cl2N3O3. The largest absolute Gasteiger partial charge is 0.464 e. The van der Waals surface area contributed by atoms with Gasteiger partial charge in [-0.15, -0.1) is 0 Å². The molecule has 2 aromatic heterocycles. The van der Waals surface area contributed by atoms with Crippen LogP contribution in [0, 0.1) is 0 Å². The van der Waals surface area contributed by atoms with Crippen LogP contribution in [0.25, 0.3) is 21.7 Å². The monoisotopic (exact) mass is 401 g/mol. The number of carbonyl (C=O) groups excluding carboxylic acids is 1. The van der Waals surface area contributed by atoms with Crippen molar-refractivity contribution in [2.45, 2.75) is 6.42 Å². The first-order valence-corrected chi connectivity index (χ1v) is 8.80. The molecule has 8 heteroatoms. The van der Waals surface area contributed by atoms with Gasteiger partial charge in [0, 0.05) is 23.5 Å². The van der Waals surface area contributed by atoms with E-state index in [1.165, 1.54) is 17.8 Å². The number of carbonyl (C=O) groups is 1. The highest BCUT2D eigenvalue weighted by Crippen LogP contribution is 2.28. The number of hydrogen-bond donors (Lipinski definition) is 1. The van der Waals surface area contributed by atoms with Crippen molar-refractivity contribution in [3.8, 4) is 0 Å². The Kier molecular flexibility index (Phi) is 4.37. The summed E-state index contributed by atoms with van der Waals surface area (Å²) in [6, 6.07) is 10.2. The van der Waals surface area contributed by atoms with E-state index in [9.17, 15) is 9.59 Å². The highest BCUT2D eigenvalue weighted by atomic mass is 35.5. The number of furan rings is 1. The number of nitrogens with zero attached hydrogens (tertiary/aromatic N) is 2. The zero-order valence-corrected chi connectivity index (χ0v) is 15.6. The zero-order chi connectivity index (χ0) is 19.1. The van der Waals surface area contributed by atoms with Gasteiger partial charge in [0.25, 0.3) is 5.56 Å². The molecule has 0 radical (unpaired) electrons. The number of halogens is 2. The molecule has 4 rings (SSSR count). The normalized spacial score (nSPS) is 11.2. The summed E-state index contributed by atoms with van der Waals surface area (Å²) >= 11 is 12.1. The number of benzene rings is 2. The Morgan fingerprint density at radius 3 is 2.67 bits per heavy atom. The minimum absolute atomic E-state index is 0.0218. The van der Waals surface area contributed by atoms with Gasteiger partial charge in [-0.3, -0.25) is 9.59 Å². The number of hydrogen-bond acceptors (Lipinski definition) is 4. The standard InChI is InChI=1S/C19H13Cl2N3O3/c1-24-19(26)13-8-15(21)14(20)7-12(13)16(23-24)9-18(25)22-11-2-3-17-10(6-11)4-5-27-17/h2-8H,9H2,1H3,(H,22,25).